The monoisotopic (exact) mass is 648 g/mol. The van der Waals surface area contributed by atoms with E-state index in [1.807, 2.05) is 54.2 Å². The average Bonchev–Trinajstić information content (AvgIpc) is 3.57. The van der Waals surface area contributed by atoms with Gasteiger partial charge in [0.2, 0.25) is 5.88 Å². The van der Waals surface area contributed by atoms with Gasteiger partial charge in [-0.2, -0.15) is 5.10 Å². The number of hydrogen-bond acceptors (Lipinski definition) is 4. The summed E-state index contributed by atoms with van der Waals surface area (Å²) in [4.78, 5) is 4.72. The first kappa shape index (κ1) is 32.2. The van der Waals surface area contributed by atoms with Gasteiger partial charge >= 0.3 is 0 Å². The molecule has 3 heterocycles. The Kier molecular flexibility index (Phi) is 7.86. The van der Waals surface area contributed by atoms with Crippen molar-refractivity contribution in [2.45, 2.75) is 66.2 Å². The Balaban J connectivity index is 1.29. The fourth-order valence-electron chi connectivity index (χ4n) is 6.56. The van der Waals surface area contributed by atoms with Crippen LogP contribution in [0, 0.1) is 13.8 Å². The van der Waals surface area contributed by atoms with Crippen LogP contribution in [0.15, 0.2) is 103 Å². The van der Waals surface area contributed by atoms with E-state index in [1.54, 1.807) is 7.11 Å². The zero-order valence-electron chi connectivity index (χ0n) is 29.9. The van der Waals surface area contributed by atoms with Crippen LogP contribution in [0.5, 0.6) is 17.4 Å². The first-order valence-electron chi connectivity index (χ1n) is 16.9. The molecule has 0 aliphatic heterocycles. The highest BCUT2D eigenvalue weighted by atomic mass is 16.5. The smallest absolute Gasteiger partial charge is 0.224 e. The highest BCUT2D eigenvalue weighted by molar-refractivity contribution is 6.09. The first-order chi connectivity index (χ1) is 23.3. The lowest BCUT2D eigenvalue weighted by Crippen LogP contribution is -2.16. The minimum absolute atomic E-state index is 0.00720. The van der Waals surface area contributed by atoms with Crippen LogP contribution in [-0.2, 0) is 10.8 Å². The molecule has 248 valence electrons. The molecule has 7 rings (SSSR count). The lowest BCUT2D eigenvalue weighted by molar-refractivity contribution is 0.385. The van der Waals surface area contributed by atoms with Gasteiger partial charge in [0.1, 0.15) is 17.3 Å². The van der Waals surface area contributed by atoms with Crippen molar-refractivity contribution in [3.8, 4) is 40.0 Å². The summed E-state index contributed by atoms with van der Waals surface area (Å²) in [6.07, 6.45) is 1.86. The van der Waals surface area contributed by atoms with Crippen LogP contribution in [0.4, 0.5) is 0 Å². The second-order valence-corrected chi connectivity index (χ2v) is 15.0. The molecule has 0 amide bonds. The normalized spacial score (nSPS) is 12.2. The third-order valence-corrected chi connectivity index (χ3v) is 9.24. The Morgan fingerprint density at radius 2 is 1.35 bits per heavy atom. The van der Waals surface area contributed by atoms with Gasteiger partial charge in [-0.3, -0.25) is 4.57 Å². The van der Waals surface area contributed by atoms with Crippen molar-refractivity contribution in [1.82, 2.24) is 19.3 Å². The second-order valence-electron chi connectivity index (χ2n) is 15.0. The fraction of sp³-hybridized carbons (Fsp3) is 0.256. The van der Waals surface area contributed by atoms with Crippen molar-refractivity contribution in [2.24, 2.45) is 0 Å². The maximum absolute atomic E-state index is 6.55. The Hall–Kier alpha value is -5.36. The maximum Gasteiger partial charge on any atom is 0.224 e. The summed E-state index contributed by atoms with van der Waals surface area (Å²) >= 11 is 0. The lowest BCUT2D eigenvalue weighted by atomic mass is 9.79. The zero-order chi connectivity index (χ0) is 34.7. The minimum Gasteiger partial charge on any atom is -0.480 e. The van der Waals surface area contributed by atoms with E-state index in [-0.39, 0.29) is 10.8 Å². The largest absolute Gasteiger partial charge is 0.480 e. The van der Waals surface area contributed by atoms with E-state index < -0.39 is 0 Å². The van der Waals surface area contributed by atoms with Crippen molar-refractivity contribution in [3.05, 3.63) is 126 Å². The predicted octanol–water partition coefficient (Wildman–Crippen LogP) is 11.0. The van der Waals surface area contributed by atoms with Gasteiger partial charge in [-0.25, -0.2) is 9.67 Å². The topological polar surface area (TPSA) is 54.1 Å². The molecular formula is C43H44N4O2. The van der Waals surface area contributed by atoms with Crippen LogP contribution in [0.25, 0.3) is 44.4 Å². The van der Waals surface area contributed by atoms with Gasteiger partial charge < -0.3 is 9.47 Å². The van der Waals surface area contributed by atoms with Crippen molar-refractivity contribution < 1.29 is 9.47 Å². The summed E-state index contributed by atoms with van der Waals surface area (Å²) in [5, 5.41) is 7.33. The summed E-state index contributed by atoms with van der Waals surface area (Å²) in [5.41, 5.74) is 9.71. The number of benzene rings is 4. The first-order valence-corrected chi connectivity index (χ1v) is 16.9. The third-order valence-electron chi connectivity index (χ3n) is 9.24. The van der Waals surface area contributed by atoms with Gasteiger partial charge in [0.25, 0.3) is 0 Å². The molecule has 0 fully saturated rings. The van der Waals surface area contributed by atoms with Crippen molar-refractivity contribution in [2.75, 3.05) is 7.11 Å². The van der Waals surface area contributed by atoms with Crippen molar-refractivity contribution in [1.29, 1.82) is 0 Å². The summed E-state index contributed by atoms with van der Waals surface area (Å²) in [6, 6.07) is 33.7. The molecule has 0 unspecified atom stereocenters. The number of aromatic nitrogens is 4. The number of para-hydroxylation sites is 1. The molecule has 0 saturated heterocycles. The molecule has 7 aromatic rings. The van der Waals surface area contributed by atoms with Gasteiger partial charge in [0.05, 0.1) is 35.1 Å². The molecule has 6 heteroatoms. The molecule has 0 aliphatic rings. The van der Waals surface area contributed by atoms with E-state index in [1.165, 1.54) is 16.5 Å². The van der Waals surface area contributed by atoms with Crippen LogP contribution < -0.4 is 9.47 Å². The molecule has 6 nitrogen and oxygen atoms in total. The number of methoxy groups -OCH3 is 1. The summed E-state index contributed by atoms with van der Waals surface area (Å²) in [5.74, 6) is 3.01. The van der Waals surface area contributed by atoms with Gasteiger partial charge in [-0.1, -0.05) is 84.0 Å². The van der Waals surface area contributed by atoms with E-state index in [0.717, 1.165) is 56.1 Å². The van der Waals surface area contributed by atoms with Crippen LogP contribution in [-0.4, -0.2) is 26.4 Å². The van der Waals surface area contributed by atoms with Crippen LogP contribution in [0.3, 0.4) is 0 Å². The Bertz CT molecular complexity index is 2310. The van der Waals surface area contributed by atoms with Gasteiger partial charge in [0, 0.05) is 29.1 Å². The summed E-state index contributed by atoms with van der Waals surface area (Å²) in [7, 11) is 1.71. The van der Waals surface area contributed by atoms with E-state index in [9.17, 15) is 0 Å². The Morgan fingerprint density at radius 3 is 2.04 bits per heavy atom. The Morgan fingerprint density at radius 1 is 0.653 bits per heavy atom. The van der Waals surface area contributed by atoms with E-state index in [0.29, 0.717) is 11.6 Å². The number of nitrogens with zero attached hydrogens (tertiary/aromatic N) is 4. The quantitative estimate of drug-likeness (QED) is 0.180. The molecule has 0 atom stereocenters. The van der Waals surface area contributed by atoms with E-state index in [4.69, 9.17) is 19.6 Å². The SMILES string of the molecule is COc1c(-c2cc(C(C)(C)C)cc(C(C)(C)C)c2)c(C)nn1-c1cccc(Oc2ccc3c4ccccc4n(-c4cc(C)ccn4)c3c2)c1. The number of rotatable bonds is 6. The van der Waals surface area contributed by atoms with Crippen LogP contribution in [0.1, 0.15) is 63.9 Å². The summed E-state index contributed by atoms with van der Waals surface area (Å²) in [6.45, 7) is 17.7. The number of fused-ring (bicyclic) bond motifs is 3. The van der Waals surface area contributed by atoms with Gasteiger partial charge in [-0.15, -0.1) is 0 Å². The molecule has 49 heavy (non-hydrogen) atoms. The predicted molar refractivity (Wildman–Crippen MR) is 201 cm³/mol. The summed E-state index contributed by atoms with van der Waals surface area (Å²) < 4.78 is 16.7. The number of ether oxygens (including phenoxy) is 2. The lowest BCUT2D eigenvalue weighted by Gasteiger charge is -2.26. The maximum atomic E-state index is 6.55. The standard InChI is InChI=1S/C43H44N4O2/c1-27-19-20-44-39(21-27)46-37-16-11-10-15-35(37)36-18-17-34(26-38(36)46)49-33-14-12-13-32(25-33)47-41(48-9)40(28(2)45-47)29-22-30(42(3,4)5)24-31(23-29)43(6,7)8/h10-26H,1-9H3. The van der Waals surface area contributed by atoms with E-state index >= 15 is 0 Å². The molecule has 0 spiro atoms. The number of hydrogen-bond donors (Lipinski definition) is 0. The van der Waals surface area contributed by atoms with Crippen LogP contribution in [0.2, 0.25) is 0 Å². The van der Waals surface area contributed by atoms with Crippen LogP contribution >= 0.6 is 0 Å². The third kappa shape index (κ3) is 5.97. The number of aryl methyl sites for hydroxylation is 2. The molecule has 0 radical (unpaired) electrons. The van der Waals surface area contributed by atoms with Crippen molar-refractivity contribution in [3.63, 3.8) is 0 Å². The average molecular weight is 649 g/mol. The van der Waals surface area contributed by atoms with Crippen molar-refractivity contribution >= 4 is 21.8 Å². The highest BCUT2D eigenvalue weighted by Gasteiger charge is 2.25. The highest BCUT2D eigenvalue weighted by Crippen LogP contribution is 2.41. The molecule has 4 aromatic carbocycles. The molecular weight excluding hydrogens is 604 g/mol. The fourth-order valence-corrected chi connectivity index (χ4v) is 6.56. The minimum atomic E-state index is -0.00720. The molecule has 3 aromatic heterocycles. The molecule has 0 saturated carbocycles. The molecule has 0 N–H and O–H groups in total. The zero-order valence-corrected chi connectivity index (χ0v) is 29.9. The second kappa shape index (κ2) is 12.0. The molecule has 0 bridgehead atoms. The molecule has 0 aliphatic carbocycles. The van der Waals surface area contributed by atoms with E-state index in [2.05, 4.69) is 114 Å². The van der Waals surface area contributed by atoms with Gasteiger partial charge in [0.15, 0.2) is 0 Å². The Labute approximate surface area is 289 Å². The number of pyridine rings is 1. The van der Waals surface area contributed by atoms with Gasteiger partial charge in [-0.05, 0) is 89.4 Å².